The van der Waals surface area contributed by atoms with Crippen LogP contribution in [0.3, 0.4) is 0 Å². The van der Waals surface area contributed by atoms with Crippen molar-refractivity contribution >= 4 is 11.6 Å². The molecule has 1 aromatic heterocycles. The highest BCUT2D eigenvalue weighted by Crippen LogP contribution is 2.16. The fraction of sp³-hybridized carbons (Fsp3) is 0.286. The summed E-state index contributed by atoms with van der Waals surface area (Å²) < 4.78 is 0. The van der Waals surface area contributed by atoms with Gasteiger partial charge in [-0.05, 0) is 25.8 Å². The number of rotatable bonds is 4. The third kappa shape index (κ3) is 2.97. The summed E-state index contributed by atoms with van der Waals surface area (Å²) in [5, 5.41) is 3.37. The molecule has 94 valence electrons. The maximum absolute atomic E-state index is 5.76. The highest BCUT2D eigenvalue weighted by atomic mass is 15.0. The van der Waals surface area contributed by atoms with Gasteiger partial charge >= 0.3 is 0 Å². The number of benzene rings is 1. The average molecular weight is 242 g/mol. The molecule has 0 saturated heterocycles. The number of hydrogen-bond donors (Lipinski definition) is 2. The summed E-state index contributed by atoms with van der Waals surface area (Å²) in [7, 11) is 0. The lowest BCUT2D eigenvalue weighted by Gasteiger charge is -2.16. The van der Waals surface area contributed by atoms with Crippen molar-refractivity contribution in [1.82, 2.24) is 9.97 Å². The zero-order valence-corrected chi connectivity index (χ0v) is 10.7. The van der Waals surface area contributed by atoms with Crippen LogP contribution in [0.25, 0.3) is 0 Å². The molecule has 4 nitrogen and oxygen atoms in total. The Hall–Kier alpha value is -2.10. The molecule has 4 heteroatoms. The van der Waals surface area contributed by atoms with Crippen LogP contribution in [0.4, 0.5) is 11.6 Å². The lowest BCUT2D eigenvalue weighted by Crippen LogP contribution is -2.20. The van der Waals surface area contributed by atoms with Crippen LogP contribution < -0.4 is 11.1 Å². The molecule has 2 aromatic rings. The van der Waals surface area contributed by atoms with E-state index < -0.39 is 0 Å². The van der Waals surface area contributed by atoms with Crippen molar-refractivity contribution in [3.63, 3.8) is 0 Å². The van der Waals surface area contributed by atoms with Crippen LogP contribution in [0.5, 0.6) is 0 Å². The number of nitrogen functional groups attached to an aromatic ring is 1. The average Bonchev–Trinajstić information content (AvgIpc) is 2.36. The number of hydrogen-bond acceptors (Lipinski definition) is 4. The van der Waals surface area contributed by atoms with Gasteiger partial charge in [0.15, 0.2) is 0 Å². The van der Waals surface area contributed by atoms with E-state index in [2.05, 4.69) is 46.5 Å². The Labute approximate surface area is 107 Å². The van der Waals surface area contributed by atoms with Gasteiger partial charge in [0.25, 0.3) is 0 Å². The second kappa shape index (κ2) is 5.49. The van der Waals surface area contributed by atoms with Crippen molar-refractivity contribution in [2.24, 2.45) is 0 Å². The molecule has 0 aliphatic heterocycles. The minimum Gasteiger partial charge on any atom is -0.383 e. The SMILES string of the molecule is Cc1c(N)ncnc1NC(C)Cc1ccccc1. The zero-order valence-electron chi connectivity index (χ0n) is 10.7. The summed E-state index contributed by atoms with van der Waals surface area (Å²) in [6.45, 7) is 4.05. The molecule has 0 spiro atoms. The summed E-state index contributed by atoms with van der Waals surface area (Å²) in [5.74, 6) is 1.34. The summed E-state index contributed by atoms with van der Waals surface area (Å²) in [5.41, 5.74) is 7.96. The van der Waals surface area contributed by atoms with Gasteiger partial charge in [-0.15, -0.1) is 0 Å². The number of nitrogens with two attached hydrogens (primary N) is 1. The van der Waals surface area contributed by atoms with Gasteiger partial charge < -0.3 is 11.1 Å². The van der Waals surface area contributed by atoms with E-state index in [0.29, 0.717) is 11.9 Å². The molecule has 1 atom stereocenters. The molecular formula is C14H18N4. The van der Waals surface area contributed by atoms with E-state index in [1.165, 1.54) is 11.9 Å². The van der Waals surface area contributed by atoms with E-state index >= 15 is 0 Å². The van der Waals surface area contributed by atoms with Gasteiger partial charge in [-0.2, -0.15) is 0 Å². The molecule has 1 heterocycles. The largest absolute Gasteiger partial charge is 0.383 e. The first-order chi connectivity index (χ1) is 8.66. The molecule has 0 amide bonds. The summed E-state index contributed by atoms with van der Waals surface area (Å²) in [6.07, 6.45) is 2.43. The van der Waals surface area contributed by atoms with Gasteiger partial charge in [0.2, 0.25) is 0 Å². The molecule has 1 unspecified atom stereocenters. The van der Waals surface area contributed by atoms with Crippen molar-refractivity contribution in [3.05, 3.63) is 47.8 Å². The molecule has 0 radical (unpaired) electrons. The number of nitrogens with zero attached hydrogens (tertiary/aromatic N) is 2. The predicted molar refractivity (Wildman–Crippen MR) is 74.4 cm³/mol. The van der Waals surface area contributed by atoms with Gasteiger partial charge in [-0.1, -0.05) is 30.3 Å². The highest BCUT2D eigenvalue weighted by Gasteiger charge is 2.08. The van der Waals surface area contributed by atoms with E-state index in [1.54, 1.807) is 0 Å². The molecule has 2 rings (SSSR count). The predicted octanol–water partition coefficient (Wildman–Crippen LogP) is 2.41. The third-order valence-corrected chi connectivity index (χ3v) is 2.89. The second-order valence-electron chi connectivity index (χ2n) is 4.47. The minimum atomic E-state index is 0.292. The normalized spacial score (nSPS) is 12.1. The Balaban J connectivity index is 2.03. The van der Waals surface area contributed by atoms with Gasteiger partial charge in [-0.3, -0.25) is 0 Å². The minimum absolute atomic E-state index is 0.292. The van der Waals surface area contributed by atoms with Crippen molar-refractivity contribution < 1.29 is 0 Å². The number of anilines is 2. The van der Waals surface area contributed by atoms with Crippen molar-refractivity contribution in [2.75, 3.05) is 11.1 Å². The molecule has 0 aliphatic carbocycles. The first-order valence-electron chi connectivity index (χ1n) is 6.04. The maximum Gasteiger partial charge on any atom is 0.134 e. The van der Waals surface area contributed by atoms with Crippen LogP contribution in [0.1, 0.15) is 18.1 Å². The summed E-state index contributed by atoms with van der Waals surface area (Å²) in [4.78, 5) is 8.18. The van der Waals surface area contributed by atoms with Gasteiger partial charge in [0.1, 0.15) is 18.0 Å². The lowest BCUT2D eigenvalue weighted by molar-refractivity contribution is 0.782. The third-order valence-electron chi connectivity index (χ3n) is 2.89. The Morgan fingerprint density at radius 3 is 2.67 bits per heavy atom. The van der Waals surface area contributed by atoms with E-state index in [0.717, 1.165) is 17.8 Å². The molecule has 0 saturated carbocycles. The Bertz CT molecular complexity index is 510. The van der Waals surface area contributed by atoms with Crippen LogP contribution in [-0.2, 0) is 6.42 Å². The van der Waals surface area contributed by atoms with Gasteiger partial charge in [-0.25, -0.2) is 9.97 Å². The first kappa shape index (κ1) is 12.4. The fourth-order valence-electron chi connectivity index (χ4n) is 1.86. The van der Waals surface area contributed by atoms with E-state index in [-0.39, 0.29) is 0 Å². The molecular weight excluding hydrogens is 224 g/mol. The summed E-state index contributed by atoms with van der Waals surface area (Å²) in [6, 6.07) is 10.7. The Morgan fingerprint density at radius 2 is 1.94 bits per heavy atom. The number of nitrogens with one attached hydrogen (secondary N) is 1. The first-order valence-corrected chi connectivity index (χ1v) is 6.04. The van der Waals surface area contributed by atoms with Crippen LogP contribution in [0, 0.1) is 6.92 Å². The van der Waals surface area contributed by atoms with Gasteiger partial charge in [0, 0.05) is 11.6 Å². The molecule has 0 fully saturated rings. The fourth-order valence-corrected chi connectivity index (χ4v) is 1.86. The van der Waals surface area contributed by atoms with Crippen LogP contribution >= 0.6 is 0 Å². The second-order valence-corrected chi connectivity index (χ2v) is 4.47. The molecule has 0 bridgehead atoms. The van der Waals surface area contributed by atoms with Crippen LogP contribution in [-0.4, -0.2) is 16.0 Å². The maximum atomic E-state index is 5.76. The monoisotopic (exact) mass is 242 g/mol. The summed E-state index contributed by atoms with van der Waals surface area (Å²) >= 11 is 0. The topological polar surface area (TPSA) is 63.8 Å². The van der Waals surface area contributed by atoms with E-state index in [9.17, 15) is 0 Å². The standard InChI is InChI=1S/C14H18N4/c1-10(8-12-6-4-3-5-7-12)18-14-11(2)13(15)16-9-17-14/h3-7,9-10H,8H2,1-2H3,(H3,15,16,17,18). The van der Waals surface area contributed by atoms with Crippen LogP contribution in [0.15, 0.2) is 36.7 Å². The lowest BCUT2D eigenvalue weighted by atomic mass is 10.1. The molecule has 3 N–H and O–H groups in total. The van der Waals surface area contributed by atoms with E-state index in [1.807, 2.05) is 13.0 Å². The zero-order chi connectivity index (χ0) is 13.0. The van der Waals surface area contributed by atoms with Gasteiger partial charge in [0.05, 0.1) is 0 Å². The number of aromatic nitrogens is 2. The van der Waals surface area contributed by atoms with Crippen molar-refractivity contribution in [3.8, 4) is 0 Å². The molecule has 1 aromatic carbocycles. The Morgan fingerprint density at radius 1 is 1.22 bits per heavy atom. The van der Waals surface area contributed by atoms with E-state index in [4.69, 9.17) is 5.73 Å². The Kier molecular flexibility index (Phi) is 3.77. The van der Waals surface area contributed by atoms with Crippen molar-refractivity contribution in [1.29, 1.82) is 0 Å². The molecule has 0 aliphatic rings. The smallest absolute Gasteiger partial charge is 0.134 e. The van der Waals surface area contributed by atoms with Crippen molar-refractivity contribution in [2.45, 2.75) is 26.3 Å². The molecule has 18 heavy (non-hydrogen) atoms. The highest BCUT2D eigenvalue weighted by molar-refractivity contribution is 5.54. The quantitative estimate of drug-likeness (QED) is 0.864. The van der Waals surface area contributed by atoms with Crippen LogP contribution in [0.2, 0.25) is 0 Å².